The van der Waals surface area contributed by atoms with E-state index in [0.717, 1.165) is 55.9 Å². The molecule has 0 N–H and O–H groups in total. The molecule has 2 aromatic heterocycles. The van der Waals surface area contributed by atoms with Gasteiger partial charge in [-0.1, -0.05) is 176 Å². The van der Waals surface area contributed by atoms with Crippen molar-refractivity contribution in [1.29, 1.82) is 0 Å². The molecule has 0 bridgehead atoms. The Labute approximate surface area is 325 Å². The first-order valence-electron chi connectivity index (χ1n) is 19.3. The molecule has 8 aromatic carbocycles. The van der Waals surface area contributed by atoms with Crippen molar-refractivity contribution >= 4 is 21.7 Å². The summed E-state index contributed by atoms with van der Waals surface area (Å²) in [5.41, 5.74) is 17.8. The van der Waals surface area contributed by atoms with Crippen LogP contribution < -0.4 is 0 Å². The summed E-state index contributed by atoms with van der Waals surface area (Å²) in [7, 11) is 0. The van der Waals surface area contributed by atoms with Crippen molar-refractivity contribution in [2.45, 2.75) is 5.41 Å². The highest BCUT2D eigenvalue weighted by molar-refractivity contribution is 6.06. The van der Waals surface area contributed by atoms with Crippen LogP contribution in [0.5, 0.6) is 0 Å². The number of aromatic nitrogens is 1. The van der Waals surface area contributed by atoms with Gasteiger partial charge in [0.1, 0.15) is 16.8 Å². The molecular formula is C54H33NO. The van der Waals surface area contributed by atoms with E-state index in [0.29, 0.717) is 0 Å². The molecule has 260 valence electrons. The third-order valence-corrected chi connectivity index (χ3v) is 12.1. The topological polar surface area (TPSA) is 26.0 Å². The van der Waals surface area contributed by atoms with Crippen molar-refractivity contribution in [3.05, 3.63) is 223 Å². The number of rotatable bonds is 4. The monoisotopic (exact) mass is 711 g/mol. The molecular weight excluding hydrogens is 679 g/mol. The predicted octanol–water partition coefficient (Wildman–Crippen LogP) is 14.0. The zero-order valence-corrected chi connectivity index (χ0v) is 30.4. The minimum atomic E-state index is -0.548. The Balaban J connectivity index is 1.10. The summed E-state index contributed by atoms with van der Waals surface area (Å²) in [6.45, 7) is 0. The van der Waals surface area contributed by atoms with Crippen LogP contribution in [0.2, 0.25) is 0 Å². The van der Waals surface area contributed by atoms with Crippen LogP contribution >= 0.6 is 0 Å². The molecule has 0 unspecified atom stereocenters. The smallest absolute Gasteiger partial charge is 0.135 e. The summed E-state index contributed by atoms with van der Waals surface area (Å²) in [6, 6.07) is 72.3. The molecule has 2 aliphatic carbocycles. The Morgan fingerprint density at radius 1 is 0.357 bits per heavy atom. The summed E-state index contributed by atoms with van der Waals surface area (Å²) in [4.78, 5) is 5.40. The standard InChI is InChI=1S/C54H33NO/c1-2-16-35(17-3-1)49-32-37(40-25-14-18-34-15-4-5-19-38(34)40)33-50(55-49)43-23-7-6-20-39(43)36-29-30-48-45(31-36)52-44-24-10-13-28-51(44)56-53(52)54(48)46-26-11-8-21-41(46)42-22-9-12-27-47(42)54/h1-33H. The van der Waals surface area contributed by atoms with Gasteiger partial charge in [0, 0.05) is 22.1 Å². The molecule has 10 aromatic rings. The average Bonchev–Trinajstić information content (AvgIpc) is 3.90. The van der Waals surface area contributed by atoms with Gasteiger partial charge in [0.2, 0.25) is 0 Å². The molecule has 2 heterocycles. The number of pyridine rings is 1. The molecule has 0 aliphatic heterocycles. The zero-order valence-electron chi connectivity index (χ0n) is 30.4. The van der Waals surface area contributed by atoms with Gasteiger partial charge in [0.15, 0.2) is 0 Å². The van der Waals surface area contributed by atoms with Gasteiger partial charge < -0.3 is 4.42 Å². The highest BCUT2D eigenvalue weighted by atomic mass is 16.3. The van der Waals surface area contributed by atoms with Crippen molar-refractivity contribution < 1.29 is 4.42 Å². The molecule has 2 nitrogen and oxygen atoms in total. The zero-order chi connectivity index (χ0) is 36.8. The summed E-state index contributed by atoms with van der Waals surface area (Å²) < 4.78 is 7.01. The highest BCUT2D eigenvalue weighted by Gasteiger charge is 2.55. The lowest BCUT2D eigenvalue weighted by Crippen LogP contribution is -2.25. The van der Waals surface area contributed by atoms with Gasteiger partial charge in [-0.3, -0.25) is 0 Å². The number of fused-ring (bicyclic) bond motifs is 13. The second kappa shape index (κ2) is 11.9. The first-order valence-corrected chi connectivity index (χ1v) is 19.3. The van der Waals surface area contributed by atoms with Crippen LogP contribution in [0.3, 0.4) is 0 Å². The van der Waals surface area contributed by atoms with Gasteiger partial charge in [-0.2, -0.15) is 0 Å². The fourth-order valence-corrected chi connectivity index (χ4v) is 9.73. The van der Waals surface area contributed by atoms with Gasteiger partial charge in [-0.25, -0.2) is 4.98 Å². The van der Waals surface area contributed by atoms with E-state index in [1.54, 1.807) is 0 Å². The molecule has 0 saturated carbocycles. The van der Waals surface area contributed by atoms with Gasteiger partial charge in [-0.15, -0.1) is 0 Å². The van der Waals surface area contributed by atoms with Crippen LogP contribution in [0, 0.1) is 0 Å². The normalized spacial score (nSPS) is 13.1. The Bertz CT molecular complexity index is 3150. The van der Waals surface area contributed by atoms with E-state index < -0.39 is 5.41 Å². The Morgan fingerprint density at radius 2 is 0.946 bits per heavy atom. The number of nitrogens with zero attached hydrogens (tertiary/aromatic N) is 1. The number of hydrogen-bond donors (Lipinski definition) is 0. The highest BCUT2D eigenvalue weighted by Crippen LogP contribution is 2.64. The fourth-order valence-electron chi connectivity index (χ4n) is 9.73. The third-order valence-electron chi connectivity index (χ3n) is 12.1. The maximum atomic E-state index is 7.01. The van der Waals surface area contributed by atoms with Crippen molar-refractivity contribution in [3.63, 3.8) is 0 Å². The lowest BCUT2D eigenvalue weighted by Gasteiger charge is -2.28. The predicted molar refractivity (Wildman–Crippen MR) is 230 cm³/mol. The van der Waals surface area contributed by atoms with E-state index in [-0.39, 0.29) is 0 Å². The third kappa shape index (κ3) is 4.30. The maximum absolute atomic E-state index is 7.01. The van der Waals surface area contributed by atoms with E-state index >= 15 is 0 Å². The number of hydrogen-bond acceptors (Lipinski definition) is 2. The summed E-state index contributed by atoms with van der Waals surface area (Å²) >= 11 is 0. The summed E-state index contributed by atoms with van der Waals surface area (Å²) in [5.74, 6) is 1.01. The molecule has 12 rings (SSSR count). The van der Waals surface area contributed by atoms with Gasteiger partial charge in [0.25, 0.3) is 0 Å². The van der Waals surface area contributed by atoms with Crippen LogP contribution in [-0.2, 0) is 5.41 Å². The van der Waals surface area contributed by atoms with E-state index in [1.807, 2.05) is 0 Å². The quantitative estimate of drug-likeness (QED) is 0.182. The largest absolute Gasteiger partial charge is 0.459 e. The van der Waals surface area contributed by atoms with Crippen LogP contribution in [0.4, 0.5) is 0 Å². The first-order chi connectivity index (χ1) is 27.8. The molecule has 1 spiro atoms. The van der Waals surface area contributed by atoms with Gasteiger partial charge in [0.05, 0.1) is 11.4 Å². The lowest BCUT2D eigenvalue weighted by atomic mass is 9.73. The van der Waals surface area contributed by atoms with Gasteiger partial charge in [-0.05, 0) is 90.7 Å². The van der Waals surface area contributed by atoms with Crippen molar-refractivity contribution in [2.24, 2.45) is 0 Å². The first kappa shape index (κ1) is 31.1. The van der Waals surface area contributed by atoms with Crippen LogP contribution in [-0.4, -0.2) is 4.98 Å². The van der Waals surface area contributed by atoms with Crippen molar-refractivity contribution in [1.82, 2.24) is 4.98 Å². The van der Waals surface area contributed by atoms with Gasteiger partial charge >= 0.3 is 0 Å². The van der Waals surface area contributed by atoms with E-state index in [9.17, 15) is 0 Å². The van der Waals surface area contributed by atoms with Crippen molar-refractivity contribution in [2.75, 3.05) is 0 Å². The van der Waals surface area contributed by atoms with Crippen LogP contribution in [0.25, 0.3) is 88.8 Å². The number of furan rings is 1. The molecule has 56 heavy (non-hydrogen) atoms. The molecule has 0 radical (unpaired) electrons. The summed E-state index contributed by atoms with van der Waals surface area (Å²) in [6.07, 6.45) is 0. The molecule has 0 fully saturated rings. The summed E-state index contributed by atoms with van der Waals surface area (Å²) in [5, 5.41) is 3.59. The second-order valence-corrected chi connectivity index (χ2v) is 15.0. The minimum Gasteiger partial charge on any atom is -0.459 e. The Hall–Kier alpha value is -7.29. The molecule has 0 atom stereocenters. The number of benzene rings is 8. The Morgan fingerprint density at radius 3 is 1.75 bits per heavy atom. The van der Waals surface area contributed by atoms with Crippen LogP contribution in [0.1, 0.15) is 22.5 Å². The minimum absolute atomic E-state index is 0.548. The average molecular weight is 712 g/mol. The van der Waals surface area contributed by atoms with E-state index in [1.165, 1.54) is 55.3 Å². The fraction of sp³-hybridized carbons (Fsp3) is 0.0185. The molecule has 2 aliphatic rings. The number of para-hydroxylation sites is 1. The van der Waals surface area contributed by atoms with Crippen molar-refractivity contribution in [3.8, 4) is 67.0 Å². The molecule has 0 saturated heterocycles. The second-order valence-electron chi connectivity index (χ2n) is 15.0. The van der Waals surface area contributed by atoms with E-state index in [4.69, 9.17) is 9.40 Å². The molecule has 0 amide bonds. The maximum Gasteiger partial charge on any atom is 0.135 e. The SMILES string of the molecule is c1ccc(-c2cc(-c3cccc4ccccc34)cc(-c3ccccc3-c3ccc4c(c3)-c3c(oc5ccccc35)C43c4ccccc4-c4ccccc43)n2)cc1. The Kier molecular flexibility index (Phi) is 6.58. The van der Waals surface area contributed by atoms with E-state index in [2.05, 4.69) is 200 Å². The van der Waals surface area contributed by atoms with Crippen LogP contribution in [0.15, 0.2) is 205 Å². The molecule has 2 heteroatoms. The lowest BCUT2D eigenvalue weighted by molar-refractivity contribution is 0.507.